The number of benzene rings is 1. The third-order valence-corrected chi connectivity index (χ3v) is 2.36. The van der Waals surface area contributed by atoms with Gasteiger partial charge < -0.3 is 0 Å². The van der Waals surface area contributed by atoms with Gasteiger partial charge in [0.15, 0.2) is 17.4 Å². The molecule has 0 aliphatic carbocycles. The van der Waals surface area contributed by atoms with E-state index in [1.54, 1.807) is 13.2 Å². The van der Waals surface area contributed by atoms with Crippen molar-refractivity contribution in [2.45, 2.75) is 0 Å². The average Bonchev–Trinajstić information content (AvgIpc) is 2.77. The highest BCUT2D eigenvalue weighted by Crippen LogP contribution is 2.10. The molecule has 92 valence electrons. The molecule has 5 heteroatoms. The molecule has 1 heterocycles. The van der Waals surface area contributed by atoms with Crippen molar-refractivity contribution in [1.29, 1.82) is 0 Å². The van der Waals surface area contributed by atoms with E-state index >= 15 is 0 Å². The predicted octanol–water partition coefficient (Wildman–Crippen LogP) is 2.59. The van der Waals surface area contributed by atoms with Gasteiger partial charge in [-0.15, -0.1) is 0 Å². The lowest BCUT2D eigenvalue weighted by Crippen LogP contribution is -1.92. The Balaban J connectivity index is 2.15. The molecule has 0 fully saturated rings. The van der Waals surface area contributed by atoms with E-state index in [0.29, 0.717) is 11.1 Å². The number of nitrogens with zero attached hydrogens (tertiary/aromatic N) is 2. The van der Waals surface area contributed by atoms with Gasteiger partial charge in [0.2, 0.25) is 0 Å². The van der Waals surface area contributed by atoms with Gasteiger partial charge in [-0.2, -0.15) is 5.10 Å². The number of aromatic nitrogens is 2. The fraction of sp³-hybridized carbons (Fsp3) is 0.0769. The van der Waals surface area contributed by atoms with Crippen molar-refractivity contribution in [3.05, 3.63) is 59.4 Å². The van der Waals surface area contributed by atoms with Crippen LogP contribution in [0.2, 0.25) is 0 Å². The molecule has 0 bridgehead atoms. The summed E-state index contributed by atoms with van der Waals surface area (Å²) in [4.78, 5) is 11.7. The van der Waals surface area contributed by atoms with Gasteiger partial charge in [0, 0.05) is 13.2 Å². The van der Waals surface area contributed by atoms with Crippen molar-refractivity contribution < 1.29 is 13.6 Å². The first-order chi connectivity index (χ1) is 8.56. The molecule has 0 spiro atoms. The molecule has 2 aromatic rings. The maximum atomic E-state index is 12.9. The Morgan fingerprint density at radius 3 is 2.72 bits per heavy atom. The number of carbonyl (C=O) groups excluding carboxylic acids is 1. The highest BCUT2D eigenvalue weighted by molar-refractivity contribution is 6.06. The number of halogens is 2. The Morgan fingerprint density at radius 2 is 2.11 bits per heavy atom. The molecule has 0 aliphatic heterocycles. The third-order valence-electron chi connectivity index (χ3n) is 2.36. The first-order valence-corrected chi connectivity index (χ1v) is 5.22. The van der Waals surface area contributed by atoms with Crippen molar-refractivity contribution in [2.24, 2.45) is 7.05 Å². The third kappa shape index (κ3) is 2.68. The lowest BCUT2D eigenvalue weighted by atomic mass is 10.1. The van der Waals surface area contributed by atoms with Crippen LogP contribution >= 0.6 is 0 Å². The van der Waals surface area contributed by atoms with E-state index in [9.17, 15) is 13.6 Å². The summed E-state index contributed by atoms with van der Waals surface area (Å²) in [5.41, 5.74) is 0.863. The molecule has 0 saturated heterocycles. The average molecular weight is 248 g/mol. The van der Waals surface area contributed by atoms with Crippen LogP contribution in [0.3, 0.4) is 0 Å². The van der Waals surface area contributed by atoms with Gasteiger partial charge in [0.1, 0.15) is 0 Å². The lowest BCUT2D eigenvalue weighted by Gasteiger charge is -1.95. The quantitative estimate of drug-likeness (QED) is 0.618. The standard InChI is InChI=1S/C13H10F2N2O/c1-17-8-10(7-16-17)13(18)5-3-9-2-4-11(14)12(15)6-9/h2-8H,1H3/b5-3+. The zero-order valence-corrected chi connectivity index (χ0v) is 9.60. The number of hydrogen-bond donors (Lipinski definition) is 0. The second-order valence-electron chi connectivity index (χ2n) is 3.77. The van der Waals surface area contributed by atoms with Crippen LogP contribution in [-0.4, -0.2) is 15.6 Å². The molecule has 0 aliphatic rings. The van der Waals surface area contributed by atoms with E-state index in [4.69, 9.17) is 0 Å². The van der Waals surface area contributed by atoms with Crippen molar-refractivity contribution in [3.8, 4) is 0 Å². The summed E-state index contributed by atoms with van der Waals surface area (Å²) in [6, 6.07) is 3.44. The highest BCUT2D eigenvalue weighted by Gasteiger charge is 2.04. The van der Waals surface area contributed by atoms with Gasteiger partial charge in [0.25, 0.3) is 0 Å². The number of aryl methyl sites for hydroxylation is 1. The Morgan fingerprint density at radius 1 is 1.33 bits per heavy atom. The number of allylic oxidation sites excluding steroid dienone is 1. The van der Waals surface area contributed by atoms with Gasteiger partial charge in [-0.3, -0.25) is 9.48 Å². The molecule has 1 aromatic heterocycles. The molecule has 0 amide bonds. The summed E-state index contributed by atoms with van der Waals surface area (Å²) in [7, 11) is 1.70. The van der Waals surface area contributed by atoms with Gasteiger partial charge in [-0.1, -0.05) is 12.1 Å². The summed E-state index contributed by atoms with van der Waals surface area (Å²) in [5.74, 6) is -2.09. The monoisotopic (exact) mass is 248 g/mol. The summed E-state index contributed by atoms with van der Waals surface area (Å²) in [5, 5.41) is 3.87. The van der Waals surface area contributed by atoms with Gasteiger partial charge in [-0.05, 0) is 23.8 Å². The minimum absolute atomic E-state index is 0.243. The molecule has 2 rings (SSSR count). The molecule has 3 nitrogen and oxygen atoms in total. The smallest absolute Gasteiger partial charge is 0.189 e. The Hall–Kier alpha value is -2.30. The summed E-state index contributed by atoms with van der Waals surface area (Å²) < 4.78 is 27.1. The zero-order valence-electron chi connectivity index (χ0n) is 9.60. The lowest BCUT2D eigenvalue weighted by molar-refractivity contribution is 0.104. The molecule has 0 N–H and O–H groups in total. The van der Waals surface area contributed by atoms with E-state index < -0.39 is 11.6 Å². The number of ketones is 1. The van der Waals surface area contributed by atoms with Crippen molar-refractivity contribution >= 4 is 11.9 Å². The fourth-order valence-corrected chi connectivity index (χ4v) is 1.43. The SMILES string of the molecule is Cn1cc(C(=O)/C=C/c2ccc(F)c(F)c2)cn1. The first kappa shape index (κ1) is 12.2. The molecule has 18 heavy (non-hydrogen) atoms. The molecule has 0 unspecified atom stereocenters. The zero-order chi connectivity index (χ0) is 13.1. The topological polar surface area (TPSA) is 34.9 Å². The van der Waals surface area contributed by atoms with Crippen LogP contribution in [0.15, 0.2) is 36.7 Å². The highest BCUT2D eigenvalue weighted by atomic mass is 19.2. The van der Waals surface area contributed by atoms with Crippen LogP contribution in [0.5, 0.6) is 0 Å². The second kappa shape index (κ2) is 4.91. The van der Waals surface area contributed by atoms with Crippen LogP contribution in [0, 0.1) is 11.6 Å². The summed E-state index contributed by atoms with van der Waals surface area (Å²) in [6.07, 6.45) is 5.75. The molecular weight excluding hydrogens is 238 g/mol. The first-order valence-electron chi connectivity index (χ1n) is 5.22. The van der Waals surface area contributed by atoms with Gasteiger partial charge >= 0.3 is 0 Å². The molecule has 0 radical (unpaired) electrons. The van der Waals surface area contributed by atoms with Crippen LogP contribution in [0.1, 0.15) is 15.9 Å². The van der Waals surface area contributed by atoms with Crippen LogP contribution in [-0.2, 0) is 7.05 Å². The van der Waals surface area contributed by atoms with Crippen molar-refractivity contribution in [2.75, 3.05) is 0 Å². The van der Waals surface area contributed by atoms with Crippen LogP contribution < -0.4 is 0 Å². The summed E-state index contributed by atoms with van der Waals surface area (Å²) in [6.45, 7) is 0. The normalized spacial score (nSPS) is 11.1. The van der Waals surface area contributed by atoms with Crippen LogP contribution in [0.25, 0.3) is 6.08 Å². The Kier molecular flexibility index (Phi) is 3.32. The maximum absolute atomic E-state index is 12.9. The molecular formula is C13H10F2N2O. The predicted molar refractivity (Wildman–Crippen MR) is 62.9 cm³/mol. The Bertz CT molecular complexity index is 617. The largest absolute Gasteiger partial charge is 0.289 e. The van der Waals surface area contributed by atoms with Crippen LogP contribution in [0.4, 0.5) is 8.78 Å². The Labute approximate surface area is 102 Å². The number of rotatable bonds is 3. The summed E-state index contributed by atoms with van der Waals surface area (Å²) >= 11 is 0. The van der Waals surface area contributed by atoms with E-state index in [-0.39, 0.29) is 5.78 Å². The number of hydrogen-bond acceptors (Lipinski definition) is 2. The van der Waals surface area contributed by atoms with E-state index in [0.717, 1.165) is 12.1 Å². The van der Waals surface area contributed by atoms with Crippen molar-refractivity contribution in [3.63, 3.8) is 0 Å². The molecule has 1 aromatic carbocycles. The minimum Gasteiger partial charge on any atom is -0.289 e. The second-order valence-corrected chi connectivity index (χ2v) is 3.77. The minimum atomic E-state index is -0.939. The van der Waals surface area contributed by atoms with E-state index in [2.05, 4.69) is 5.10 Å². The maximum Gasteiger partial charge on any atom is 0.189 e. The van der Waals surface area contributed by atoms with Gasteiger partial charge in [0.05, 0.1) is 11.8 Å². The van der Waals surface area contributed by atoms with E-state index in [1.807, 2.05) is 0 Å². The fourth-order valence-electron chi connectivity index (χ4n) is 1.43. The van der Waals surface area contributed by atoms with Crippen molar-refractivity contribution in [1.82, 2.24) is 9.78 Å². The number of carbonyl (C=O) groups is 1. The molecule has 0 saturated carbocycles. The van der Waals surface area contributed by atoms with Gasteiger partial charge in [-0.25, -0.2) is 8.78 Å². The van der Waals surface area contributed by atoms with E-state index in [1.165, 1.54) is 29.1 Å². The molecule has 0 atom stereocenters.